The molecule has 0 unspecified atom stereocenters. The van der Waals surface area contributed by atoms with Gasteiger partial charge < -0.3 is 10.2 Å². The first-order valence-electron chi connectivity index (χ1n) is 10.2. The maximum atomic E-state index is 14.7. The van der Waals surface area contributed by atoms with Crippen LogP contribution in [0.2, 0.25) is 0 Å². The third kappa shape index (κ3) is 5.14. The normalized spacial score (nSPS) is 14.8. The average Bonchev–Trinajstić information content (AvgIpc) is 2.89. The number of benzene rings is 1. The molecule has 12 heteroatoms. The fourth-order valence-electron chi connectivity index (χ4n) is 3.39. The Morgan fingerprint density at radius 2 is 1.97 bits per heavy atom. The first-order valence-corrected chi connectivity index (χ1v) is 10.6. The summed E-state index contributed by atoms with van der Waals surface area (Å²) in [5, 5.41) is 11.4. The monoisotopic (exact) mass is 493 g/mol. The highest BCUT2D eigenvalue weighted by Gasteiger charge is 2.37. The van der Waals surface area contributed by atoms with Crippen molar-refractivity contribution >= 4 is 40.5 Å². The number of pyridine rings is 1. The Labute approximate surface area is 198 Å². The fraction of sp³-hybridized carbons (Fsp3) is 0.318. The van der Waals surface area contributed by atoms with Crippen LogP contribution < -0.4 is 15.1 Å². The highest BCUT2D eigenvalue weighted by atomic mass is 32.1. The summed E-state index contributed by atoms with van der Waals surface area (Å²) >= 11 is 5.41. The number of anilines is 2. The minimum Gasteiger partial charge on any atom is -0.350 e. The van der Waals surface area contributed by atoms with Gasteiger partial charge in [-0.05, 0) is 56.8 Å². The van der Waals surface area contributed by atoms with E-state index in [1.54, 1.807) is 13.8 Å². The number of thiocarbonyl (C=S) groups is 1. The van der Waals surface area contributed by atoms with Crippen molar-refractivity contribution in [1.82, 2.24) is 10.3 Å². The third-order valence-corrected chi connectivity index (χ3v) is 5.32. The summed E-state index contributed by atoms with van der Waals surface area (Å²) in [5.41, 5.74) is -2.36. The van der Waals surface area contributed by atoms with Gasteiger partial charge in [0.2, 0.25) is 5.91 Å². The number of carbonyl (C=O) groups excluding carboxylic acids is 2. The van der Waals surface area contributed by atoms with Crippen molar-refractivity contribution in [2.75, 3.05) is 16.3 Å². The Morgan fingerprint density at radius 1 is 1.26 bits per heavy atom. The molecule has 1 aliphatic rings. The zero-order valence-corrected chi connectivity index (χ0v) is 18.9. The molecule has 0 saturated carbocycles. The molecule has 7 nitrogen and oxygen atoms in total. The molecule has 0 spiro atoms. The lowest BCUT2D eigenvalue weighted by Crippen LogP contribution is -2.44. The lowest BCUT2D eigenvalue weighted by atomic mass is 10.1. The molecule has 1 aliphatic heterocycles. The molecule has 2 aromatic rings. The highest BCUT2D eigenvalue weighted by Crippen LogP contribution is 2.34. The first kappa shape index (κ1) is 25.0. The molecule has 34 heavy (non-hydrogen) atoms. The van der Waals surface area contributed by atoms with Crippen molar-refractivity contribution in [2.45, 2.75) is 38.9 Å². The number of nitrogens with one attached hydrogen (secondary N) is 1. The number of rotatable bonds is 4. The van der Waals surface area contributed by atoms with Gasteiger partial charge in [0.25, 0.3) is 5.91 Å². The molecule has 1 saturated heterocycles. The van der Waals surface area contributed by atoms with Gasteiger partial charge in [0.1, 0.15) is 11.9 Å². The lowest BCUT2D eigenvalue weighted by Gasteiger charge is -2.30. The number of halogens is 4. The van der Waals surface area contributed by atoms with E-state index in [4.69, 9.17) is 17.5 Å². The number of nitriles is 1. The number of nitrogens with zero attached hydrogens (tertiary/aromatic N) is 4. The van der Waals surface area contributed by atoms with Crippen LogP contribution in [0.15, 0.2) is 30.5 Å². The molecule has 0 atom stereocenters. The standard InChI is InChI=1S/C22H19F4N5O2S/c1-12(2)29-20(33)15-6-5-13(9-17(15)23)30-7-3-4-19(32)31(21(30)34)14-8-16(22(24,25)26)18(10-27)28-11-14/h5-6,8-9,11-12H,3-4,7H2,1-2H3,(H,29,33). The van der Waals surface area contributed by atoms with Gasteiger partial charge in [0.15, 0.2) is 10.8 Å². The van der Waals surface area contributed by atoms with Crippen molar-refractivity contribution in [3.05, 3.63) is 53.1 Å². The van der Waals surface area contributed by atoms with E-state index in [-0.39, 0.29) is 41.1 Å². The summed E-state index contributed by atoms with van der Waals surface area (Å²) in [6, 6.07) is 5.61. The predicted octanol–water partition coefficient (Wildman–Crippen LogP) is 4.17. The van der Waals surface area contributed by atoms with Crippen LogP contribution >= 0.6 is 12.2 Å². The van der Waals surface area contributed by atoms with Crippen LogP contribution in [-0.4, -0.2) is 34.5 Å². The number of amides is 2. The number of alkyl halides is 3. The molecule has 0 bridgehead atoms. The molecule has 1 aromatic carbocycles. The maximum absolute atomic E-state index is 14.7. The van der Waals surface area contributed by atoms with Gasteiger partial charge in [0, 0.05) is 24.7 Å². The predicted molar refractivity (Wildman–Crippen MR) is 120 cm³/mol. The molecule has 2 heterocycles. The molecule has 1 aromatic heterocycles. The van der Waals surface area contributed by atoms with Crippen LogP contribution in [0, 0.1) is 17.1 Å². The van der Waals surface area contributed by atoms with Gasteiger partial charge in [-0.2, -0.15) is 18.4 Å². The van der Waals surface area contributed by atoms with Gasteiger partial charge in [-0.3, -0.25) is 14.5 Å². The van der Waals surface area contributed by atoms with E-state index in [1.165, 1.54) is 23.1 Å². The Kier molecular flexibility index (Phi) is 7.16. The smallest absolute Gasteiger partial charge is 0.350 e. The van der Waals surface area contributed by atoms with Gasteiger partial charge in [-0.15, -0.1) is 0 Å². The summed E-state index contributed by atoms with van der Waals surface area (Å²) in [5.74, 6) is -1.99. The molecule has 2 amide bonds. The van der Waals surface area contributed by atoms with Crippen molar-refractivity contribution in [3.63, 3.8) is 0 Å². The van der Waals surface area contributed by atoms with Crippen LogP contribution in [-0.2, 0) is 11.0 Å². The van der Waals surface area contributed by atoms with E-state index in [9.17, 15) is 27.2 Å². The van der Waals surface area contributed by atoms with E-state index in [2.05, 4.69) is 10.3 Å². The second-order valence-electron chi connectivity index (χ2n) is 7.76. The summed E-state index contributed by atoms with van der Waals surface area (Å²) in [7, 11) is 0. The van der Waals surface area contributed by atoms with Crippen molar-refractivity contribution < 1.29 is 27.2 Å². The second kappa shape index (κ2) is 9.72. The molecule has 1 N–H and O–H groups in total. The van der Waals surface area contributed by atoms with E-state index < -0.39 is 35.1 Å². The van der Waals surface area contributed by atoms with E-state index in [0.29, 0.717) is 12.5 Å². The molecule has 0 aliphatic carbocycles. The van der Waals surface area contributed by atoms with E-state index in [1.807, 2.05) is 0 Å². The quantitative estimate of drug-likeness (QED) is 0.508. The average molecular weight is 493 g/mol. The van der Waals surface area contributed by atoms with Crippen LogP contribution in [0.25, 0.3) is 0 Å². The van der Waals surface area contributed by atoms with Crippen molar-refractivity contribution in [3.8, 4) is 6.07 Å². The largest absolute Gasteiger partial charge is 0.419 e. The summed E-state index contributed by atoms with van der Waals surface area (Å²) in [6.45, 7) is 3.65. The molecular weight excluding hydrogens is 474 g/mol. The molecule has 0 radical (unpaired) electrons. The molecule has 1 fully saturated rings. The molecule has 178 valence electrons. The zero-order valence-electron chi connectivity index (χ0n) is 18.1. The number of hydrogen-bond acceptors (Lipinski definition) is 5. The lowest BCUT2D eigenvalue weighted by molar-refractivity contribution is -0.138. The summed E-state index contributed by atoms with van der Waals surface area (Å²) in [4.78, 5) is 30.7. The summed E-state index contributed by atoms with van der Waals surface area (Å²) in [6.07, 6.45) is -3.65. The van der Waals surface area contributed by atoms with Crippen molar-refractivity contribution in [1.29, 1.82) is 5.26 Å². The topological polar surface area (TPSA) is 89.3 Å². The minimum absolute atomic E-state index is 0.0324. The number of hydrogen-bond donors (Lipinski definition) is 1. The van der Waals surface area contributed by atoms with E-state index >= 15 is 0 Å². The maximum Gasteiger partial charge on any atom is 0.419 e. The zero-order chi connectivity index (χ0) is 25.2. The Morgan fingerprint density at radius 3 is 2.56 bits per heavy atom. The van der Waals surface area contributed by atoms with Gasteiger partial charge in [0.05, 0.1) is 23.0 Å². The summed E-state index contributed by atoms with van der Waals surface area (Å²) < 4.78 is 55.0. The highest BCUT2D eigenvalue weighted by molar-refractivity contribution is 7.81. The molecule has 3 rings (SSSR count). The van der Waals surface area contributed by atoms with Gasteiger partial charge in [-0.1, -0.05) is 0 Å². The van der Waals surface area contributed by atoms with Gasteiger partial charge in [-0.25, -0.2) is 9.37 Å². The molecular formula is C22H19F4N5O2S. The minimum atomic E-state index is -4.88. The number of carbonyl (C=O) groups is 2. The Hall–Kier alpha value is -3.59. The second-order valence-corrected chi connectivity index (χ2v) is 8.12. The van der Waals surface area contributed by atoms with Gasteiger partial charge >= 0.3 is 6.18 Å². The van der Waals surface area contributed by atoms with Crippen LogP contribution in [0.5, 0.6) is 0 Å². The van der Waals surface area contributed by atoms with Crippen molar-refractivity contribution in [2.24, 2.45) is 0 Å². The Balaban J connectivity index is 2.00. The number of aromatic nitrogens is 1. The van der Waals surface area contributed by atoms with Crippen LogP contribution in [0.4, 0.5) is 28.9 Å². The fourth-order valence-corrected chi connectivity index (χ4v) is 3.80. The van der Waals surface area contributed by atoms with E-state index in [0.717, 1.165) is 17.2 Å². The first-order chi connectivity index (χ1) is 15.9. The third-order valence-electron chi connectivity index (χ3n) is 4.92. The van der Waals surface area contributed by atoms with Crippen LogP contribution in [0.1, 0.15) is 48.3 Å². The SMILES string of the molecule is CC(C)NC(=O)c1ccc(N2CCCC(=O)N(c3cnc(C#N)c(C(F)(F)F)c3)C2=S)cc1F. The van der Waals surface area contributed by atoms with Crippen LogP contribution in [0.3, 0.4) is 0 Å². The Bertz CT molecular complexity index is 1190.